The third-order valence-electron chi connectivity index (χ3n) is 2.59. The number of halogens is 1. The Hall–Kier alpha value is -1.73. The van der Waals surface area contributed by atoms with Crippen molar-refractivity contribution < 1.29 is 9.72 Å². The van der Waals surface area contributed by atoms with Gasteiger partial charge in [0.1, 0.15) is 5.02 Å². The molecule has 114 valence electrons. The zero-order chi connectivity index (χ0) is 16.2. The van der Waals surface area contributed by atoms with Crippen LogP contribution in [-0.4, -0.2) is 15.9 Å². The maximum absolute atomic E-state index is 11.6. The fourth-order valence-electron chi connectivity index (χ4n) is 1.64. The molecule has 0 aliphatic rings. The predicted octanol–water partition coefficient (Wildman–Crippen LogP) is 3.42. The van der Waals surface area contributed by atoms with Crippen molar-refractivity contribution in [3.05, 3.63) is 32.8 Å². The van der Waals surface area contributed by atoms with Crippen LogP contribution < -0.4 is 10.6 Å². The molecule has 1 amide bonds. The quantitative estimate of drug-likeness (QED) is 0.502. The number of carbonyl (C=O) groups is 1. The molecule has 0 aromatic heterocycles. The first-order valence-electron chi connectivity index (χ1n) is 6.26. The minimum atomic E-state index is -0.554. The zero-order valence-electron chi connectivity index (χ0n) is 11.9. The smallest absolute Gasteiger partial charge is 0.288 e. The van der Waals surface area contributed by atoms with E-state index >= 15 is 0 Å². The van der Waals surface area contributed by atoms with E-state index in [4.69, 9.17) is 23.8 Å². The van der Waals surface area contributed by atoms with E-state index in [1.165, 1.54) is 12.1 Å². The van der Waals surface area contributed by atoms with Gasteiger partial charge < -0.3 is 10.6 Å². The van der Waals surface area contributed by atoms with Crippen molar-refractivity contribution in [1.82, 2.24) is 5.32 Å². The summed E-state index contributed by atoms with van der Waals surface area (Å²) in [5.74, 6) is 0.0384. The van der Waals surface area contributed by atoms with Crippen molar-refractivity contribution >= 4 is 46.2 Å². The summed E-state index contributed by atoms with van der Waals surface area (Å²) in [6.07, 6.45) is 0.363. The summed E-state index contributed by atoms with van der Waals surface area (Å²) in [5, 5.41) is 16.3. The van der Waals surface area contributed by atoms with Crippen LogP contribution in [0.15, 0.2) is 12.1 Å². The first-order valence-corrected chi connectivity index (χ1v) is 7.04. The van der Waals surface area contributed by atoms with Crippen LogP contribution in [0.2, 0.25) is 5.02 Å². The Morgan fingerprint density at radius 2 is 2.10 bits per heavy atom. The van der Waals surface area contributed by atoms with Crippen LogP contribution in [0.3, 0.4) is 0 Å². The second-order valence-electron chi connectivity index (χ2n) is 4.98. The first-order chi connectivity index (χ1) is 9.70. The Morgan fingerprint density at radius 1 is 1.48 bits per heavy atom. The highest BCUT2D eigenvalue weighted by molar-refractivity contribution is 7.80. The van der Waals surface area contributed by atoms with Gasteiger partial charge in [0.05, 0.1) is 4.92 Å². The van der Waals surface area contributed by atoms with Crippen molar-refractivity contribution in [2.75, 3.05) is 5.32 Å². The summed E-state index contributed by atoms with van der Waals surface area (Å²) >= 11 is 10.9. The van der Waals surface area contributed by atoms with Gasteiger partial charge in [0.25, 0.3) is 5.69 Å². The van der Waals surface area contributed by atoms with Crippen LogP contribution in [0, 0.1) is 23.0 Å². The van der Waals surface area contributed by atoms with Crippen LogP contribution >= 0.6 is 23.8 Å². The molecule has 6 nitrogen and oxygen atoms in total. The monoisotopic (exact) mass is 329 g/mol. The molecular formula is C13H16ClN3O3S. The molecule has 0 saturated carbocycles. The second kappa shape index (κ2) is 7.33. The lowest BCUT2D eigenvalue weighted by atomic mass is 10.1. The van der Waals surface area contributed by atoms with E-state index in [0.717, 1.165) is 0 Å². The number of nitrogens with one attached hydrogen (secondary N) is 2. The number of amides is 1. The van der Waals surface area contributed by atoms with Crippen LogP contribution in [-0.2, 0) is 4.79 Å². The molecule has 21 heavy (non-hydrogen) atoms. The first kappa shape index (κ1) is 17.3. The number of nitro benzene ring substituents is 1. The average Bonchev–Trinajstić information content (AvgIpc) is 2.31. The highest BCUT2D eigenvalue weighted by Gasteiger charge is 2.16. The SMILES string of the molecule is Cc1cc([N+](=O)[O-])c(Cl)cc1NC(=S)NC(=O)CC(C)C. The zero-order valence-corrected chi connectivity index (χ0v) is 13.5. The maximum atomic E-state index is 11.6. The van der Waals surface area contributed by atoms with Gasteiger partial charge >= 0.3 is 0 Å². The van der Waals surface area contributed by atoms with Crippen molar-refractivity contribution in [2.24, 2.45) is 5.92 Å². The van der Waals surface area contributed by atoms with Crippen LogP contribution in [0.25, 0.3) is 0 Å². The van der Waals surface area contributed by atoms with Crippen LogP contribution in [0.1, 0.15) is 25.8 Å². The van der Waals surface area contributed by atoms with Crippen LogP contribution in [0.5, 0.6) is 0 Å². The summed E-state index contributed by atoms with van der Waals surface area (Å²) < 4.78 is 0. The highest BCUT2D eigenvalue weighted by Crippen LogP contribution is 2.30. The van der Waals surface area contributed by atoms with E-state index in [1.54, 1.807) is 6.92 Å². The van der Waals surface area contributed by atoms with E-state index in [-0.39, 0.29) is 27.6 Å². The standard InChI is InChI=1S/C13H16ClN3O3S/c1-7(2)4-12(18)16-13(21)15-10-6-9(14)11(17(19)20)5-8(10)3/h5-7H,4H2,1-3H3,(H2,15,16,18,21). The Balaban J connectivity index is 2.79. The van der Waals surface area contributed by atoms with Gasteiger partial charge in [-0.15, -0.1) is 0 Å². The number of thiocarbonyl (C=S) groups is 1. The fraction of sp³-hybridized carbons (Fsp3) is 0.385. The molecule has 0 aliphatic carbocycles. The second-order valence-corrected chi connectivity index (χ2v) is 5.79. The Morgan fingerprint density at radius 3 is 2.62 bits per heavy atom. The lowest BCUT2D eigenvalue weighted by Crippen LogP contribution is -2.34. The molecule has 2 N–H and O–H groups in total. The number of aryl methyl sites for hydroxylation is 1. The number of rotatable bonds is 4. The normalized spacial score (nSPS) is 10.3. The van der Waals surface area contributed by atoms with Gasteiger partial charge in [-0.05, 0) is 36.7 Å². The van der Waals surface area contributed by atoms with Gasteiger partial charge in [-0.1, -0.05) is 25.4 Å². The van der Waals surface area contributed by atoms with Crippen molar-refractivity contribution in [3.63, 3.8) is 0 Å². The van der Waals surface area contributed by atoms with E-state index in [9.17, 15) is 14.9 Å². The van der Waals surface area contributed by atoms with Gasteiger partial charge in [-0.3, -0.25) is 14.9 Å². The van der Waals surface area contributed by atoms with Gasteiger partial charge in [0.15, 0.2) is 5.11 Å². The summed E-state index contributed by atoms with van der Waals surface area (Å²) in [4.78, 5) is 21.8. The minimum Gasteiger partial charge on any atom is -0.332 e. The Bertz CT molecular complexity index is 590. The molecule has 0 radical (unpaired) electrons. The predicted molar refractivity (Wildman–Crippen MR) is 86.7 cm³/mol. The number of benzene rings is 1. The third kappa shape index (κ3) is 5.28. The Labute approximate surface area is 133 Å². The molecule has 0 atom stereocenters. The molecule has 0 heterocycles. The number of hydrogen-bond acceptors (Lipinski definition) is 4. The number of anilines is 1. The van der Waals surface area contributed by atoms with Gasteiger partial charge in [-0.2, -0.15) is 0 Å². The van der Waals surface area contributed by atoms with E-state index in [1.807, 2.05) is 13.8 Å². The van der Waals surface area contributed by atoms with Gasteiger partial charge in [0, 0.05) is 18.2 Å². The summed E-state index contributed by atoms with van der Waals surface area (Å²) in [7, 11) is 0. The summed E-state index contributed by atoms with van der Waals surface area (Å²) in [6.45, 7) is 5.54. The van der Waals surface area contributed by atoms with E-state index < -0.39 is 4.92 Å². The average molecular weight is 330 g/mol. The topological polar surface area (TPSA) is 84.3 Å². The number of nitro groups is 1. The molecule has 8 heteroatoms. The lowest BCUT2D eigenvalue weighted by Gasteiger charge is -2.13. The molecule has 1 aromatic rings. The number of hydrogen-bond donors (Lipinski definition) is 2. The van der Waals surface area contributed by atoms with Gasteiger partial charge in [0.2, 0.25) is 5.91 Å². The molecular weight excluding hydrogens is 314 g/mol. The molecule has 0 aliphatic heterocycles. The van der Waals surface area contributed by atoms with Crippen molar-refractivity contribution in [3.8, 4) is 0 Å². The van der Waals surface area contributed by atoms with Gasteiger partial charge in [-0.25, -0.2) is 0 Å². The number of nitrogens with zero attached hydrogens (tertiary/aromatic N) is 1. The lowest BCUT2D eigenvalue weighted by molar-refractivity contribution is -0.384. The highest BCUT2D eigenvalue weighted by atomic mass is 35.5. The van der Waals surface area contributed by atoms with Crippen molar-refractivity contribution in [1.29, 1.82) is 0 Å². The van der Waals surface area contributed by atoms with Crippen LogP contribution in [0.4, 0.5) is 11.4 Å². The third-order valence-corrected chi connectivity index (χ3v) is 3.09. The Kier molecular flexibility index (Phi) is 6.04. The largest absolute Gasteiger partial charge is 0.332 e. The fourth-order valence-corrected chi connectivity index (χ4v) is 2.10. The molecule has 1 rings (SSSR count). The minimum absolute atomic E-state index is 0.00408. The molecule has 0 fully saturated rings. The maximum Gasteiger partial charge on any atom is 0.288 e. The molecule has 0 unspecified atom stereocenters. The molecule has 0 saturated heterocycles. The summed E-state index contributed by atoms with van der Waals surface area (Å²) in [5.41, 5.74) is 0.946. The van der Waals surface area contributed by atoms with E-state index in [2.05, 4.69) is 10.6 Å². The van der Waals surface area contributed by atoms with E-state index in [0.29, 0.717) is 17.7 Å². The summed E-state index contributed by atoms with van der Waals surface area (Å²) in [6, 6.07) is 2.76. The molecule has 0 bridgehead atoms. The molecule has 1 aromatic carbocycles. The number of carbonyl (C=O) groups excluding carboxylic acids is 1. The molecule has 0 spiro atoms. The van der Waals surface area contributed by atoms with Crippen molar-refractivity contribution in [2.45, 2.75) is 27.2 Å².